The predicted molar refractivity (Wildman–Crippen MR) is 88.2 cm³/mol. The first kappa shape index (κ1) is 14.5. The molecule has 0 amide bonds. The fourth-order valence-corrected chi connectivity index (χ4v) is 3.31. The highest BCUT2D eigenvalue weighted by atomic mass is 79.9. The van der Waals surface area contributed by atoms with Crippen LogP contribution in [0.15, 0.2) is 53.0 Å². The minimum atomic E-state index is -0.189. The smallest absolute Gasteiger partial charge is 0.125 e. The van der Waals surface area contributed by atoms with Crippen LogP contribution in [0, 0.1) is 5.82 Å². The maximum Gasteiger partial charge on any atom is 0.125 e. The number of piperazine rings is 1. The number of halogens is 2. The fourth-order valence-electron chi connectivity index (χ4n) is 2.81. The fraction of sp³-hybridized carbons (Fsp3) is 0.294. The summed E-state index contributed by atoms with van der Waals surface area (Å²) in [6.45, 7) is 2.70. The second-order valence-corrected chi connectivity index (χ2v) is 6.24. The van der Waals surface area contributed by atoms with Crippen molar-refractivity contribution in [2.24, 2.45) is 0 Å². The summed E-state index contributed by atoms with van der Waals surface area (Å²) in [5, 5.41) is 3.55. The van der Waals surface area contributed by atoms with E-state index in [0.717, 1.165) is 36.2 Å². The molecule has 1 fully saturated rings. The lowest BCUT2D eigenvalue weighted by molar-refractivity contribution is 0.454. The van der Waals surface area contributed by atoms with Gasteiger partial charge in [-0.3, -0.25) is 0 Å². The SMILES string of the molecule is Fc1ccc(Br)c(N2CCNC(Cc3ccccc3)C2)c1. The topological polar surface area (TPSA) is 15.3 Å². The molecular formula is C17H18BrFN2. The molecule has 1 aliphatic heterocycles. The number of anilines is 1. The van der Waals surface area contributed by atoms with Gasteiger partial charge in [0.15, 0.2) is 0 Å². The van der Waals surface area contributed by atoms with Gasteiger partial charge in [-0.15, -0.1) is 0 Å². The first-order valence-corrected chi connectivity index (χ1v) is 7.99. The molecule has 0 radical (unpaired) electrons. The van der Waals surface area contributed by atoms with E-state index in [4.69, 9.17) is 0 Å². The maximum atomic E-state index is 13.5. The average molecular weight is 349 g/mol. The molecule has 3 rings (SSSR count). The Morgan fingerprint density at radius 2 is 2.00 bits per heavy atom. The van der Waals surface area contributed by atoms with Crippen LogP contribution in [0.5, 0.6) is 0 Å². The minimum absolute atomic E-state index is 0.189. The second kappa shape index (κ2) is 6.58. The monoisotopic (exact) mass is 348 g/mol. The van der Waals surface area contributed by atoms with Gasteiger partial charge in [0, 0.05) is 30.1 Å². The Morgan fingerprint density at radius 1 is 1.19 bits per heavy atom. The van der Waals surface area contributed by atoms with Gasteiger partial charge in [-0.05, 0) is 46.1 Å². The molecular weight excluding hydrogens is 331 g/mol. The highest BCUT2D eigenvalue weighted by Gasteiger charge is 2.21. The summed E-state index contributed by atoms with van der Waals surface area (Å²) in [7, 11) is 0. The van der Waals surface area contributed by atoms with Gasteiger partial charge < -0.3 is 10.2 Å². The quantitative estimate of drug-likeness (QED) is 0.911. The molecule has 1 N–H and O–H groups in total. The largest absolute Gasteiger partial charge is 0.368 e. The molecule has 2 aromatic carbocycles. The third-order valence-corrected chi connectivity index (χ3v) is 4.50. The van der Waals surface area contributed by atoms with Crippen molar-refractivity contribution < 1.29 is 4.39 Å². The van der Waals surface area contributed by atoms with E-state index in [2.05, 4.69) is 50.4 Å². The number of benzene rings is 2. The van der Waals surface area contributed by atoms with Gasteiger partial charge in [-0.2, -0.15) is 0 Å². The molecule has 1 aliphatic rings. The lowest BCUT2D eigenvalue weighted by atomic mass is 10.0. The van der Waals surface area contributed by atoms with Gasteiger partial charge in [-0.1, -0.05) is 30.3 Å². The maximum absolute atomic E-state index is 13.5. The summed E-state index contributed by atoms with van der Waals surface area (Å²) in [4.78, 5) is 2.25. The van der Waals surface area contributed by atoms with E-state index in [1.807, 2.05) is 6.07 Å². The van der Waals surface area contributed by atoms with Crippen molar-refractivity contribution in [1.29, 1.82) is 0 Å². The molecule has 21 heavy (non-hydrogen) atoms. The Labute approximate surface area is 133 Å². The van der Waals surface area contributed by atoms with Crippen molar-refractivity contribution in [3.05, 3.63) is 64.4 Å². The first-order chi connectivity index (χ1) is 10.2. The average Bonchev–Trinajstić information content (AvgIpc) is 2.51. The summed E-state index contributed by atoms with van der Waals surface area (Å²) >= 11 is 3.52. The Morgan fingerprint density at radius 3 is 2.81 bits per heavy atom. The molecule has 1 unspecified atom stereocenters. The summed E-state index contributed by atoms with van der Waals surface area (Å²) in [6.07, 6.45) is 0.990. The Hall–Kier alpha value is -1.39. The van der Waals surface area contributed by atoms with Crippen molar-refractivity contribution in [1.82, 2.24) is 5.32 Å². The Bertz CT molecular complexity index is 603. The zero-order valence-electron chi connectivity index (χ0n) is 11.7. The predicted octanol–water partition coefficient (Wildman–Crippen LogP) is 3.61. The summed E-state index contributed by atoms with van der Waals surface area (Å²) in [5.74, 6) is -0.189. The zero-order valence-corrected chi connectivity index (χ0v) is 13.3. The van der Waals surface area contributed by atoms with Crippen LogP contribution in [0.4, 0.5) is 10.1 Å². The van der Waals surface area contributed by atoms with Crippen LogP contribution in [-0.2, 0) is 6.42 Å². The third kappa shape index (κ3) is 3.63. The molecule has 0 aromatic heterocycles. The lowest BCUT2D eigenvalue weighted by Crippen LogP contribution is -2.51. The Balaban J connectivity index is 1.72. The van der Waals surface area contributed by atoms with Gasteiger partial charge in [0.1, 0.15) is 5.82 Å². The van der Waals surface area contributed by atoms with E-state index in [1.165, 1.54) is 11.6 Å². The third-order valence-electron chi connectivity index (χ3n) is 3.83. The molecule has 1 atom stereocenters. The molecule has 1 heterocycles. The molecule has 110 valence electrons. The van der Waals surface area contributed by atoms with Crippen LogP contribution >= 0.6 is 15.9 Å². The number of hydrogen-bond donors (Lipinski definition) is 1. The standard InChI is InChI=1S/C17H18BrFN2/c18-16-7-6-14(19)11-17(16)21-9-8-20-15(12-21)10-13-4-2-1-3-5-13/h1-7,11,15,20H,8-10,12H2. The van der Waals surface area contributed by atoms with E-state index < -0.39 is 0 Å². The molecule has 0 bridgehead atoms. The number of nitrogens with zero attached hydrogens (tertiary/aromatic N) is 1. The molecule has 1 saturated heterocycles. The van der Waals surface area contributed by atoms with Crippen molar-refractivity contribution in [2.75, 3.05) is 24.5 Å². The van der Waals surface area contributed by atoms with E-state index >= 15 is 0 Å². The van der Waals surface area contributed by atoms with Crippen LogP contribution in [0.25, 0.3) is 0 Å². The van der Waals surface area contributed by atoms with Crippen LogP contribution < -0.4 is 10.2 Å². The molecule has 2 nitrogen and oxygen atoms in total. The van der Waals surface area contributed by atoms with Gasteiger partial charge in [0.2, 0.25) is 0 Å². The molecule has 0 saturated carbocycles. The number of nitrogens with one attached hydrogen (secondary N) is 1. The van der Waals surface area contributed by atoms with E-state index in [1.54, 1.807) is 12.1 Å². The van der Waals surface area contributed by atoms with E-state index in [9.17, 15) is 4.39 Å². The zero-order chi connectivity index (χ0) is 14.7. The Kier molecular flexibility index (Phi) is 4.56. The molecule has 0 spiro atoms. The first-order valence-electron chi connectivity index (χ1n) is 7.20. The van der Waals surface area contributed by atoms with Crippen LogP contribution in [0.2, 0.25) is 0 Å². The van der Waals surface area contributed by atoms with E-state index in [-0.39, 0.29) is 5.82 Å². The van der Waals surface area contributed by atoms with E-state index in [0.29, 0.717) is 6.04 Å². The number of rotatable bonds is 3. The lowest BCUT2D eigenvalue weighted by Gasteiger charge is -2.36. The highest BCUT2D eigenvalue weighted by Crippen LogP contribution is 2.28. The summed E-state index contributed by atoms with van der Waals surface area (Å²) < 4.78 is 14.4. The van der Waals surface area contributed by atoms with Crippen LogP contribution in [-0.4, -0.2) is 25.7 Å². The highest BCUT2D eigenvalue weighted by molar-refractivity contribution is 9.10. The molecule has 0 aliphatic carbocycles. The molecule has 2 aromatic rings. The van der Waals surface area contributed by atoms with Gasteiger partial charge in [-0.25, -0.2) is 4.39 Å². The second-order valence-electron chi connectivity index (χ2n) is 5.38. The normalized spacial score (nSPS) is 18.8. The van der Waals surface area contributed by atoms with Crippen molar-refractivity contribution >= 4 is 21.6 Å². The summed E-state index contributed by atoms with van der Waals surface area (Å²) in [5.41, 5.74) is 2.27. The van der Waals surface area contributed by atoms with Crippen LogP contribution in [0.1, 0.15) is 5.56 Å². The van der Waals surface area contributed by atoms with Crippen LogP contribution in [0.3, 0.4) is 0 Å². The van der Waals surface area contributed by atoms with Crippen molar-refractivity contribution in [3.8, 4) is 0 Å². The number of hydrogen-bond acceptors (Lipinski definition) is 2. The van der Waals surface area contributed by atoms with Gasteiger partial charge in [0.25, 0.3) is 0 Å². The summed E-state index contributed by atoms with van der Waals surface area (Å²) in [6, 6.07) is 15.7. The van der Waals surface area contributed by atoms with Gasteiger partial charge in [0.05, 0.1) is 5.69 Å². The van der Waals surface area contributed by atoms with Gasteiger partial charge >= 0.3 is 0 Å². The minimum Gasteiger partial charge on any atom is -0.368 e. The molecule has 4 heteroatoms. The van der Waals surface area contributed by atoms with Crippen molar-refractivity contribution in [2.45, 2.75) is 12.5 Å². The van der Waals surface area contributed by atoms with Crippen molar-refractivity contribution in [3.63, 3.8) is 0 Å².